The molecule has 1 aromatic carbocycles. The highest BCUT2D eigenvalue weighted by atomic mass is 16.6. The van der Waals surface area contributed by atoms with Gasteiger partial charge in [0.2, 0.25) is 0 Å². The van der Waals surface area contributed by atoms with E-state index in [1.165, 1.54) is 12.1 Å². The van der Waals surface area contributed by atoms with Gasteiger partial charge < -0.3 is 15.0 Å². The molecule has 1 aliphatic heterocycles. The Labute approximate surface area is 150 Å². The third kappa shape index (κ3) is 3.99. The molecule has 0 radical (unpaired) electrons. The second-order valence-electron chi connectivity index (χ2n) is 6.39. The van der Waals surface area contributed by atoms with Crippen LogP contribution in [0.15, 0.2) is 30.6 Å². The Bertz CT molecular complexity index is 811. The first-order chi connectivity index (χ1) is 12.4. The molecule has 1 aliphatic rings. The van der Waals surface area contributed by atoms with E-state index in [2.05, 4.69) is 10.4 Å². The van der Waals surface area contributed by atoms with Crippen molar-refractivity contribution in [2.45, 2.75) is 25.5 Å². The molecule has 1 N–H and O–H groups in total. The summed E-state index contributed by atoms with van der Waals surface area (Å²) in [5.74, 6) is -0.422. The van der Waals surface area contributed by atoms with Crippen molar-refractivity contribution in [3.63, 3.8) is 0 Å². The number of amides is 1. The van der Waals surface area contributed by atoms with Gasteiger partial charge in [-0.15, -0.1) is 0 Å². The van der Waals surface area contributed by atoms with E-state index in [0.29, 0.717) is 17.9 Å². The average molecular weight is 359 g/mol. The first kappa shape index (κ1) is 17.9. The maximum atomic E-state index is 12.6. The van der Waals surface area contributed by atoms with Crippen molar-refractivity contribution in [2.75, 3.05) is 30.9 Å². The molecular formula is C17H21N5O4. The van der Waals surface area contributed by atoms with Crippen LogP contribution in [0.25, 0.3) is 0 Å². The van der Waals surface area contributed by atoms with E-state index < -0.39 is 10.8 Å². The van der Waals surface area contributed by atoms with Crippen molar-refractivity contribution in [2.24, 2.45) is 0 Å². The maximum absolute atomic E-state index is 12.6. The van der Waals surface area contributed by atoms with E-state index in [-0.39, 0.29) is 17.4 Å². The first-order valence-corrected chi connectivity index (χ1v) is 8.35. The number of aromatic nitrogens is 2. The van der Waals surface area contributed by atoms with Gasteiger partial charge in [0.25, 0.3) is 11.6 Å². The molecule has 1 aromatic heterocycles. The zero-order valence-corrected chi connectivity index (χ0v) is 14.7. The Morgan fingerprint density at radius 3 is 2.96 bits per heavy atom. The smallest absolute Gasteiger partial charge is 0.270 e. The minimum absolute atomic E-state index is 0.130. The molecule has 0 spiro atoms. The van der Waals surface area contributed by atoms with E-state index in [9.17, 15) is 14.9 Å². The number of carbonyl (C=O) groups is 1. The summed E-state index contributed by atoms with van der Waals surface area (Å²) < 4.78 is 7.30. The Balaban J connectivity index is 1.76. The quantitative estimate of drug-likeness (QED) is 0.627. The third-order valence-electron chi connectivity index (χ3n) is 4.22. The summed E-state index contributed by atoms with van der Waals surface area (Å²) in [6.45, 7) is 1.41. The first-order valence-electron chi connectivity index (χ1n) is 8.35. The number of rotatable bonds is 6. The van der Waals surface area contributed by atoms with Crippen molar-refractivity contribution in [3.05, 3.63) is 46.3 Å². The molecule has 138 valence electrons. The number of nitrogens with zero attached hydrogens (tertiary/aromatic N) is 4. The number of benzene rings is 1. The Morgan fingerprint density at radius 2 is 2.31 bits per heavy atom. The highest BCUT2D eigenvalue weighted by Crippen LogP contribution is 2.25. The second kappa shape index (κ2) is 7.52. The number of anilines is 2. The molecule has 0 aliphatic carbocycles. The van der Waals surface area contributed by atoms with Gasteiger partial charge >= 0.3 is 0 Å². The lowest BCUT2D eigenvalue weighted by atomic mass is 10.1. The summed E-state index contributed by atoms with van der Waals surface area (Å²) >= 11 is 0. The van der Waals surface area contributed by atoms with Crippen LogP contribution in [0.4, 0.5) is 17.1 Å². The van der Waals surface area contributed by atoms with Crippen molar-refractivity contribution in [1.82, 2.24) is 9.78 Å². The summed E-state index contributed by atoms with van der Waals surface area (Å²) in [6, 6.07) is 4.22. The Kier molecular flexibility index (Phi) is 5.17. The molecule has 1 amide bonds. The number of carbonyl (C=O) groups excluding carboxylic acids is 1. The number of hydrogen-bond donors (Lipinski definition) is 1. The lowest BCUT2D eigenvalue weighted by Gasteiger charge is -2.16. The van der Waals surface area contributed by atoms with Crippen LogP contribution in [0.1, 0.15) is 23.2 Å². The number of nitro benzene ring substituents is 1. The summed E-state index contributed by atoms with van der Waals surface area (Å²) in [7, 11) is 3.55. The molecule has 9 heteroatoms. The van der Waals surface area contributed by atoms with Crippen molar-refractivity contribution >= 4 is 23.0 Å². The predicted octanol–water partition coefficient (Wildman–Crippen LogP) is 2.29. The van der Waals surface area contributed by atoms with Crippen LogP contribution >= 0.6 is 0 Å². The van der Waals surface area contributed by atoms with Crippen LogP contribution in [-0.2, 0) is 11.3 Å². The molecule has 2 aromatic rings. The SMILES string of the molecule is CN(C)c1ccc([N+](=O)[O-])cc1C(=O)Nc1cnn(CC2CCCO2)c1. The lowest BCUT2D eigenvalue weighted by Crippen LogP contribution is -2.18. The predicted molar refractivity (Wildman–Crippen MR) is 96.6 cm³/mol. The number of hydrogen-bond acceptors (Lipinski definition) is 6. The highest BCUT2D eigenvalue weighted by Gasteiger charge is 2.19. The fourth-order valence-corrected chi connectivity index (χ4v) is 2.93. The van der Waals surface area contributed by atoms with Gasteiger partial charge in [0.05, 0.1) is 35.0 Å². The van der Waals surface area contributed by atoms with Gasteiger partial charge in [-0.3, -0.25) is 19.6 Å². The van der Waals surface area contributed by atoms with Crippen molar-refractivity contribution in [3.8, 4) is 0 Å². The summed E-state index contributed by atoms with van der Waals surface area (Å²) in [4.78, 5) is 24.9. The molecular weight excluding hydrogens is 338 g/mol. The highest BCUT2D eigenvalue weighted by molar-refractivity contribution is 6.08. The zero-order valence-electron chi connectivity index (χ0n) is 14.7. The van der Waals surface area contributed by atoms with Gasteiger partial charge in [-0.05, 0) is 18.9 Å². The monoisotopic (exact) mass is 359 g/mol. The molecule has 2 heterocycles. The molecule has 1 fully saturated rings. The third-order valence-corrected chi connectivity index (χ3v) is 4.22. The summed E-state index contributed by atoms with van der Waals surface area (Å²) in [5, 5.41) is 18.0. The van der Waals surface area contributed by atoms with E-state index in [1.54, 1.807) is 42.1 Å². The van der Waals surface area contributed by atoms with Crippen molar-refractivity contribution < 1.29 is 14.5 Å². The summed E-state index contributed by atoms with van der Waals surface area (Å²) in [5.41, 5.74) is 1.23. The van der Waals surface area contributed by atoms with Gasteiger partial charge in [0, 0.05) is 44.7 Å². The number of ether oxygens (including phenoxy) is 1. The lowest BCUT2D eigenvalue weighted by molar-refractivity contribution is -0.384. The van der Waals surface area contributed by atoms with Crippen LogP contribution in [-0.4, -0.2) is 47.4 Å². The zero-order chi connectivity index (χ0) is 18.7. The topological polar surface area (TPSA) is 103 Å². The number of non-ortho nitro benzene ring substituents is 1. The molecule has 1 unspecified atom stereocenters. The Morgan fingerprint density at radius 1 is 1.50 bits per heavy atom. The fraction of sp³-hybridized carbons (Fsp3) is 0.412. The molecule has 1 atom stereocenters. The van der Waals surface area contributed by atoms with Crippen LogP contribution in [0.2, 0.25) is 0 Å². The van der Waals surface area contributed by atoms with Gasteiger partial charge in [-0.2, -0.15) is 5.10 Å². The summed E-state index contributed by atoms with van der Waals surface area (Å²) in [6.07, 6.45) is 5.48. The van der Waals surface area contributed by atoms with Crippen molar-refractivity contribution in [1.29, 1.82) is 0 Å². The molecule has 26 heavy (non-hydrogen) atoms. The van der Waals surface area contributed by atoms with Crippen LogP contribution in [0.3, 0.4) is 0 Å². The minimum Gasteiger partial charge on any atom is -0.377 e. The molecule has 0 bridgehead atoms. The van der Waals surface area contributed by atoms with E-state index >= 15 is 0 Å². The fourth-order valence-electron chi connectivity index (χ4n) is 2.93. The van der Waals surface area contributed by atoms with Crippen LogP contribution < -0.4 is 10.2 Å². The molecule has 1 saturated heterocycles. The molecule has 9 nitrogen and oxygen atoms in total. The van der Waals surface area contributed by atoms with Gasteiger partial charge in [0.15, 0.2) is 0 Å². The number of nitrogens with one attached hydrogen (secondary N) is 1. The Hall–Kier alpha value is -2.94. The molecule has 3 rings (SSSR count). The van der Waals surface area contributed by atoms with E-state index in [0.717, 1.165) is 19.4 Å². The van der Waals surface area contributed by atoms with Gasteiger partial charge in [-0.25, -0.2) is 0 Å². The largest absolute Gasteiger partial charge is 0.377 e. The normalized spacial score (nSPS) is 16.5. The average Bonchev–Trinajstić information content (AvgIpc) is 3.26. The van der Waals surface area contributed by atoms with Gasteiger partial charge in [0.1, 0.15) is 0 Å². The van der Waals surface area contributed by atoms with Crippen LogP contribution in [0.5, 0.6) is 0 Å². The second-order valence-corrected chi connectivity index (χ2v) is 6.39. The van der Waals surface area contributed by atoms with Crippen LogP contribution in [0, 0.1) is 10.1 Å². The van der Waals surface area contributed by atoms with Gasteiger partial charge in [-0.1, -0.05) is 0 Å². The minimum atomic E-state index is -0.518. The standard InChI is InChI=1S/C17H21N5O4/c1-20(2)16-6-5-13(22(24)25)8-15(16)17(23)19-12-9-18-21(10-12)11-14-4-3-7-26-14/h5-6,8-10,14H,3-4,7,11H2,1-2H3,(H,19,23). The van der Waals surface area contributed by atoms with E-state index in [4.69, 9.17) is 4.74 Å². The van der Waals surface area contributed by atoms with E-state index in [1.807, 2.05) is 0 Å². The number of nitro groups is 1. The molecule has 0 saturated carbocycles. The maximum Gasteiger partial charge on any atom is 0.270 e.